The van der Waals surface area contributed by atoms with E-state index in [4.69, 9.17) is 11.6 Å². The second kappa shape index (κ2) is 4.33. The minimum atomic E-state index is -1.22. The lowest BCUT2D eigenvalue weighted by Crippen LogP contribution is -2.40. The lowest BCUT2D eigenvalue weighted by molar-refractivity contribution is -0.131. The molecule has 1 amide bonds. The molecule has 0 aliphatic heterocycles. The molecule has 0 aliphatic carbocycles. The molecule has 1 rings (SSSR count). The van der Waals surface area contributed by atoms with Gasteiger partial charge in [-0.2, -0.15) is 0 Å². The van der Waals surface area contributed by atoms with Crippen LogP contribution in [-0.4, -0.2) is 18.0 Å². The molecular weight excluding hydrogens is 204 g/mol. The van der Waals surface area contributed by atoms with Gasteiger partial charge in [-0.3, -0.25) is 9.80 Å². The van der Waals surface area contributed by atoms with E-state index >= 15 is 0 Å². The summed E-state index contributed by atoms with van der Waals surface area (Å²) in [6.07, 6.45) is 0. The van der Waals surface area contributed by atoms with Gasteiger partial charge in [-0.15, -0.1) is 0 Å². The Hall–Kier alpha value is -1.53. The number of nitrogens with zero attached hydrogens (tertiary/aromatic N) is 1. The normalized spacial score (nSPS) is 12.3. The molecule has 0 radical (unpaired) electrons. The number of amides is 1. The average Bonchev–Trinajstić information content (AvgIpc) is 2.15. The van der Waals surface area contributed by atoms with Crippen LogP contribution in [0.5, 0.6) is 0 Å². The average molecular weight is 215 g/mol. The number of carbonyl (C=O) groups excluding carboxylic acids is 1. The Kier molecular flexibility index (Phi) is 3.33. The van der Waals surface area contributed by atoms with E-state index in [1.54, 1.807) is 0 Å². The smallest absolute Gasteiger partial charge is 0.257 e. The third-order valence-electron chi connectivity index (χ3n) is 1.91. The molecule has 82 valence electrons. The fourth-order valence-corrected chi connectivity index (χ4v) is 1.11. The topological polar surface area (TPSA) is 72.3 Å². The third-order valence-corrected chi connectivity index (χ3v) is 1.91. The Bertz CT molecular complexity index is 382. The molecule has 4 N–H and O–H groups in total. The van der Waals surface area contributed by atoms with E-state index in [9.17, 15) is 13.6 Å². The zero-order valence-corrected chi connectivity index (χ0v) is 8.08. The molecule has 1 aromatic rings. The summed E-state index contributed by atoms with van der Waals surface area (Å²) in [5.74, 6) is 2.92. The first-order valence-electron chi connectivity index (χ1n) is 4.16. The monoisotopic (exact) mass is 215 g/mol. The van der Waals surface area contributed by atoms with Crippen LogP contribution in [0.2, 0.25) is 0 Å². The molecule has 0 saturated heterocycles. The van der Waals surface area contributed by atoms with Gasteiger partial charge in [0.05, 0.1) is 0 Å². The summed E-state index contributed by atoms with van der Waals surface area (Å²) in [6, 6.07) is 1.60. The van der Waals surface area contributed by atoms with Gasteiger partial charge in [0.1, 0.15) is 17.7 Å². The van der Waals surface area contributed by atoms with E-state index in [0.717, 1.165) is 17.1 Å². The standard InChI is InChI=1S/C9H11F2N3O/c1-14(13)9(15)8(12)6-3-2-5(10)4-7(6)11/h2-4,8H,12-13H2,1H3. The maximum atomic E-state index is 13.2. The zero-order valence-electron chi connectivity index (χ0n) is 8.08. The molecule has 0 bridgehead atoms. The third kappa shape index (κ3) is 2.48. The Morgan fingerprint density at radius 2 is 2.07 bits per heavy atom. The molecule has 0 aromatic heterocycles. The molecule has 1 aromatic carbocycles. The second-order valence-corrected chi connectivity index (χ2v) is 3.09. The first-order chi connectivity index (χ1) is 6.93. The SMILES string of the molecule is CN(N)C(=O)C(N)c1ccc(F)cc1F. The Morgan fingerprint density at radius 3 is 2.53 bits per heavy atom. The van der Waals surface area contributed by atoms with Crippen LogP contribution in [0.3, 0.4) is 0 Å². The first kappa shape index (κ1) is 11.5. The molecule has 1 unspecified atom stereocenters. The lowest BCUT2D eigenvalue weighted by Gasteiger charge is -2.16. The van der Waals surface area contributed by atoms with Crippen LogP contribution < -0.4 is 11.6 Å². The number of rotatable bonds is 2. The highest BCUT2D eigenvalue weighted by Gasteiger charge is 2.21. The number of halogens is 2. The van der Waals surface area contributed by atoms with E-state index in [1.807, 2.05) is 0 Å². The van der Waals surface area contributed by atoms with Gasteiger partial charge >= 0.3 is 0 Å². The van der Waals surface area contributed by atoms with E-state index in [0.29, 0.717) is 6.07 Å². The molecule has 0 aliphatic rings. The van der Waals surface area contributed by atoms with Gasteiger partial charge in [0.25, 0.3) is 5.91 Å². The summed E-state index contributed by atoms with van der Waals surface area (Å²) in [6.45, 7) is 0. The van der Waals surface area contributed by atoms with Crippen molar-refractivity contribution < 1.29 is 13.6 Å². The van der Waals surface area contributed by atoms with Gasteiger partial charge in [-0.25, -0.2) is 14.6 Å². The quantitative estimate of drug-likeness (QED) is 0.423. The molecule has 15 heavy (non-hydrogen) atoms. The first-order valence-corrected chi connectivity index (χ1v) is 4.16. The van der Waals surface area contributed by atoms with Crippen LogP contribution in [0.25, 0.3) is 0 Å². The number of hydrogen-bond donors (Lipinski definition) is 2. The number of carbonyl (C=O) groups is 1. The van der Waals surface area contributed by atoms with Crippen molar-refractivity contribution in [3.63, 3.8) is 0 Å². The highest BCUT2D eigenvalue weighted by molar-refractivity contribution is 5.82. The zero-order chi connectivity index (χ0) is 11.6. The van der Waals surface area contributed by atoms with Crippen LogP contribution in [0, 0.1) is 11.6 Å². The van der Waals surface area contributed by atoms with Crippen molar-refractivity contribution >= 4 is 5.91 Å². The Balaban J connectivity index is 3.01. The summed E-state index contributed by atoms with van der Waals surface area (Å²) in [5, 5.41) is 0.757. The molecule has 4 nitrogen and oxygen atoms in total. The van der Waals surface area contributed by atoms with Gasteiger partial charge in [-0.1, -0.05) is 6.07 Å². The fraction of sp³-hybridized carbons (Fsp3) is 0.222. The lowest BCUT2D eigenvalue weighted by atomic mass is 10.1. The van der Waals surface area contributed by atoms with Crippen molar-refractivity contribution in [1.82, 2.24) is 5.01 Å². The van der Waals surface area contributed by atoms with Crippen LogP contribution in [0.4, 0.5) is 8.78 Å². The minimum absolute atomic E-state index is 0.0845. The second-order valence-electron chi connectivity index (χ2n) is 3.09. The van der Waals surface area contributed by atoms with E-state index in [2.05, 4.69) is 0 Å². The summed E-state index contributed by atoms with van der Waals surface area (Å²) >= 11 is 0. The van der Waals surface area contributed by atoms with Crippen molar-refractivity contribution in [1.29, 1.82) is 0 Å². The van der Waals surface area contributed by atoms with Gasteiger partial charge in [0.15, 0.2) is 0 Å². The maximum Gasteiger partial charge on any atom is 0.257 e. The van der Waals surface area contributed by atoms with Crippen molar-refractivity contribution in [2.45, 2.75) is 6.04 Å². The molecule has 1 atom stereocenters. The van der Waals surface area contributed by atoms with Crippen molar-refractivity contribution in [3.05, 3.63) is 35.4 Å². The number of nitrogens with two attached hydrogens (primary N) is 2. The summed E-state index contributed by atoms with van der Waals surface area (Å²) < 4.78 is 25.8. The van der Waals surface area contributed by atoms with Crippen molar-refractivity contribution in [2.24, 2.45) is 11.6 Å². The van der Waals surface area contributed by atoms with Crippen molar-refractivity contribution in [3.8, 4) is 0 Å². The molecule has 0 saturated carbocycles. The number of hydrazine groups is 1. The minimum Gasteiger partial charge on any atom is -0.316 e. The molecule has 6 heteroatoms. The molecule has 0 spiro atoms. The highest BCUT2D eigenvalue weighted by atomic mass is 19.1. The van der Waals surface area contributed by atoms with E-state index < -0.39 is 23.6 Å². The van der Waals surface area contributed by atoms with Gasteiger partial charge in [0, 0.05) is 18.7 Å². The Morgan fingerprint density at radius 1 is 1.47 bits per heavy atom. The summed E-state index contributed by atoms with van der Waals surface area (Å²) in [5.41, 5.74) is 5.37. The van der Waals surface area contributed by atoms with Crippen LogP contribution in [-0.2, 0) is 4.79 Å². The van der Waals surface area contributed by atoms with Crippen LogP contribution in [0.1, 0.15) is 11.6 Å². The van der Waals surface area contributed by atoms with Gasteiger partial charge in [-0.05, 0) is 6.07 Å². The number of hydrogen-bond acceptors (Lipinski definition) is 3. The van der Waals surface area contributed by atoms with Crippen LogP contribution >= 0.6 is 0 Å². The summed E-state index contributed by atoms with van der Waals surface area (Å²) in [4.78, 5) is 11.3. The number of benzene rings is 1. The molecule has 0 fully saturated rings. The number of likely N-dealkylation sites (N-methyl/N-ethyl adjacent to an activating group) is 1. The van der Waals surface area contributed by atoms with Crippen LogP contribution in [0.15, 0.2) is 18.2 Å². The fourth-order valence-electron chi connectivity index (χ4n) is 1.11. The maximum absolute atomic E-state index is 13.2. The van der Waals surface area contributed by atoms with E-state index in [-0.39, 0.29) is 5.56 Å². The Labute approximate surface area is 85.4 Å². The molecular formula is C9H11F2N3O. The van der Waals surface area contributed by atoms with E-state index in [1.165, 1.54) is 7.05 Å². The van der Waals surface area contributed by atoms with Crippen molar-refractivity contribution in [2.75, 3.05) is 7.05 Å². The predicted molar refractivity (Wildman–Crippen MR) is 50.2 cm³/mol. The van der Waals surface area contributed by atoms with Gasteiger partial charge in [0.2, 0.25) is 0 Å². The highest BCUT2D eigenvalue weighted by Crippen LogP contribution is 2.17. The molecule has 0 heterocycles. The van der Waals surface area contributed by atoms with Gasteiger partial charge < -0.3 is 5.73 Å². The summed E-state index contributed by atoms with van der Waals surface area (Å²) in [7, 11) is 1.30. The predicted octanol–water partition coefficient (Wildman–Crippen LogP) is 0.297. The largest absolute Gasteiger partial charge is 0.316 e.